The van der Waals surface area contributed by atoms with Crippen molar-refractivity contribution in [3.63, 3.8) is 0 Å². The van der Waals surface area contributed by atoms with Crippen molar-refractivity contribution in [2.45, 2.75) is 6.92 Å². The van der Waals surface area contributed by atoms with E-state index in [4.69, 9.17) is 21.1 Å². The first-order valence-corrected chi connectivity index (χ1v) is 6.12. The molecule has 1 saturated heterocycles. The van der Waals surface area contributed by atoms with E-state index in [1.165, 1.54) is 0 Å². The van der Waals surface area contributed by atoms with Gasteiger partial charge in [0, 0.05) is 13.1 Å². The normalized spacial score (nSPS) is 15.6. The van der Waals surface area contributed by atoms with Gasteiger partial charge in [0.25, 0.3) is 0 Å². The van der Waals surface area contributed by atoms with Crippen LogP contribution in [-0.4, -0.2) is 49.2 Å². The zero-order valence-electron chi connectivity index (χ0n) is 10.1. The second kappa shape index (κ2) is 5.97. The van der Waals surface area contributed by atoms with Gasteiger partial charge in [-0.1, -0.05) is 0 Å². The van der Waals surface area contributed by atoms with E-state index in [1.54, 1.807) is 0 Å². The molecule has 1 aromatic rings. The van der Waals surface area contributed by atoms with E-state index in [9.17, 15) is 4.79 Å². The van der Waals surface area contributed by atoms with E-state index < -0.39 is 0 Å². The molecule has 0 spiro atoms. The number of aromatic nitrogens is 2. The lowest BCUT2D eigenvalue weighted by Gasteiger charge is -2.29. The summed E-state index contributed by atoms with van der Waals surface area (Å²) >= 11 is 5.83. The van der Waals surface area contributed by atoms with E-state index in [1.807, 2.05) is 11.8 Å². The monoisotopic (exact) mass is 271 g/mol. The molecule has 0 aromatic carbocycles. The van der Waals surface area contributed by atoms with E-state index in [0.29, 0.717) is 50.8 Å². The Morgan fingerprint density at radius 3 is 2.78 bits per heavy atom. The molecular weight excluding hydrogens is 258 g/mol. The van der Waals surface area contributed by atoms with Crippen LogP contribution in [0.3, 0.4) is 0 Å². The van der Waals surface area contributed by atoms with Gasteiger partial charge in [0.2, 0.25) is 5.28 Å². The van der Waals surface area contributed by atoms with Gasteiger partial charge in [-0.2, -0.15) is 4.98 Å². The third kappa shape index (κ3) is 2.70. The Balaban J connectivity index is 2.41. The quantitative estimate of drug-likeness (QED) is 0.605. The van der Waals surface area contributed by atoms with Crippen LogP contribution in [0.2, 0.25) is 5.28 Å². The fourth-order valence-corrected chi connectivity index (χ4v) is 1.95. The number of morpholine rings is 1. The molecule has 0 aliphatic carbocycles. The first-order valence-electron chi connectivity index (χ1n) is 5.74. The molecule has 1 aromatic heterocycles. The van der Waals surface area contributed by atoms with Crippen LogP contribution in [-0.2, 0) is 4.74 Å². The Bertz CT molecular complexity index is 436. The second-order valence-electron chi connectivity index (χ2n) is 3.68. The molecular formula is C11H14ClN3O3. The van der Waals surface area contributed by atoms with Gasteiger partial charge in [-0.3, -0.25) is 4.79 Å². The largest absolute Gasteiger partial charge is 0.488 e. The van der Waals surface area contributed by atoms with E-state index in [2.05, 4.69) is 9.97 Å². The van der Waals surface area contributed by atoms with E-state index >= 15 is 0 Å². The SMILES string of the molecule is CCOc1c(C=O)nc(Cl)nc1N1CCOCC1. The Hall–Kier alpha value is -1.40. The molecule has 0 atom stereocenters. The van der Waals surface area contributed by atoms with E-state index in [0.717, 1.165) is 0 Å². The predicted octanol–water partition coefficient (Wildman–Crippen LogP) is 1.18. The average Bonchev–Trinajstić information content (AvgIpc) is 2.41. The summed E-state index contributed by atoms with van der Waals surface area (Å²) in [6, 6.07) is 0. The third-order valence-electron chi connectivity index (χ3n) is 2.56. The van der Waals surface area contributed by atoms with Crippen LogP contribution in [0.15, 0.2) is 0 Å². The molecule has 6 nitrogen and oxygen atoms in total. The number of halogens is 1. The van der Waals surface area contributed by atoms with Gasteiger partial charge in [0.05, 0.1) is 19.8 Å². The maximum atomic E-state index is 11.0. The van der Waals surface area contributed by atoms with Crippen LogP contribution < -0.4 is 9.64 Å². The van der Waals surface area contributed by atoms with Gasteiger partial charge in [0.15, 0.2) is 23.5 Å². The van der Waals surface area contributed by atoms with Gasteiger partial charge in [0.1, 0.15) is 0 Å². The number of nitrogens with zero attached hydrogens (tertiary/aromatic N) is 3. The Labute approximate surface area is 110 Å². The summed E-state index contributed by atoms with van der Waals surface area (Å²) in [6.45, 7) is 4.88. The average molecular weight is 272 g/mol. The van der Waals surface area contributed by atoms with Crippen molar-refractivity contribution in [3.05, 3.63) is 11.0 Å². The molecule has 0 bridgehead atoms. The molecule has 1 aliphatic rings. The molecule has 1 aliphatic heterocycles. The highest BCUT2D eigenvalue weighted by Gasteiger charge is 2.21. The maximum absolute atomic E-state index is 11.0. The zero-order valence-corrected chi connectivity index (χ0v) is 10.8. The molecule has 18 heavy (non-hydrogen) atoms. The summed E-state index contributed by atoms with van der Waals surface area (Å²) in [5, 5.41) is 0.0436. The van der Waals surface area contributed by atoms with Crippen molar-refractivity contribution < 1.29 is 14.3 Å². The van der Waals surface area contributed by atoms with Crippen molar-refractivity contribution >= 4 is 23.7 Å². The molecule has 0 saturated carbocycles. The van der Waals surface area contributed by atoms with Crippen molar-refractivity contribution in [1.29, 1.82) is 0 Å². The van der Waals surface area contributed by atoms with Crippen LogP contribution in [0.1, 0.15) is 17.4 Å². The number of aldehydes is 1. The van der Waals surface area contributed by atoms with Crippen molar-refractivity contribution in [2.24, 2.45) is 0 Å². The summed E-state index contributed by atoms with van der Waals surface area (Å²) in [5.74, 6) is 0.945. The predicted molar refractivity (Wildman–Crippen MR) is 66.6 cm³/mol. The topological polar surface area (TPSA) is 64.5 Å². The fourth-order valence-electron chi connectivity index (χ4n) is 1.78. The minimum absolute atomic E-state index is 0.0436. The van der Waals surface area contributed by atoms with Gasteiger partial charge in [-0.15, -0.1) is 0 Å². The highest BCUT2D eigenvalue weighted by atomic mass is 35.5. The first-order chi connectivity index (χ1) is 8.76. The highest BCUT2D eigenvalue weighted by Crippen LogP contribution is 2.30. The molecule has 7 heteroatoms. The van der Waals surface area contributed by atoms with Gasteiger partial charge in [-0.05, 0) is 18.5 Å². The Morgan fingerprint density at radius 2 is 2.17 bits per heavy atom. The molecule has 0 unspecified atom stereocenters. The zero-order chi connectivity index (χ0) is 13.0. The van der Waals surface area contributed by atoms with Crippen molar-refractivity contribution in [2.75, 3.05) is 37.8 Å². The number of carbonyl (C=O) groups excluding carboxylic acids is 1. The molecule has 2 heterocycles. The lowest BCUT2D eigenvalue weighted by Crippen LogP contribution is -2.37. The smallest absolute Gasteiger partial charge is 0.225 e. The van der Waals surface area contributed by atoms with Gasteiger partial charge < -0.3 is 14.4 Å². The number of carbonyl (C=O) groups is 1. The summed E-state index contributed by atoms with van der Waals surface area (Å²) in [6.07, 6.45) is 0.627. The first kappa shape index (κ1) is 13.0. The fraction of sp³-hybridized carbons (Fsp3) is 0.545. The minimum Gasteiger partial charge on any atom is -0.488 e. The minimum atomic E-state index is 0.0436. The second-order valence-corrected chi connectivity index (χ2v) is 4.02. The van der Waals surface area contributed by atoms with Gasteiger partial charge >= 0.3 is 0 Å². The summed E-state index contributed by atoms with van der Waals surface area (Å²) in [5.41, 5.74) is 0.179. The standard InChI is InChI=1S/C11H14ClN3O3/c1-2-18-9-8(7-16)13-11(12)14-10(9)15-3-5-17-6-4-15/h7H,2-6H2,1H3. The van der Waals surface area contributed by atoms with Crippen molar-refractivity contribution in [3.8, 4) is 5.75 Å². The third-order valence-corrected chi connectivity index (χ3v) is 2.73. The maximum Gasteiger partial charge on any atom is 0.225 e. The molecule has 98 valence electrons. The molecule has 0 N–H and O–H groups in total. The van der Waals surface area contributed by atoms with E-state index in [-0.39, 0.29) is 11.0 Å². The molecule has 0 amide bonds. The lowest BCUT2D eigenvalue weighted by molar-refractivity contribution is 0.111. The van der Waals surface area contributed by atoms with Crippen LogP contribution in [0.4, 0.5) is 5.82 Å². The number of rotatable bonds is 4. The van der Waals surface area contributed by atoms with Gasteiger partial charge in [-0.25, -0.2) is 4.98 Å². The summed E-state index contributed by atoms with van der Waals surface area (Å²) < 4.78 is 10.7. The molecule has 1 fully saturated rings. The lowest BCUT2D eigenvalue weighted by atomic mass is 10.3. The van der Waals surface area contributed by atoms with Crippen LogP contribution in [0, 0.1) is 0 Å². The number of hydrogen-bond donors (Lipinski definition) is 0. The Morgan fingerprint density at radius 1 is 1.44 bits per heavy atom. The van der Waals surface area contributed by atoms with Crippen LogP contribution in [0.5, 0.6) is 5.75 Å². The van der Waals surface area contributed by atoms with Crippen LogP contribution >= 0.6 is 11.6 Å². The molecule has 0 radical (unpaired) electrons. The number of ether oxygens (including phenoxy) is 2. The van der Waals surface area contributed by atoms with Crippen LogP contribution in [0.25, 0.3) is 0 Å². The summed E-state index contributed by atoms with van der Waals surface area (Å²) in [7, 11) is 0. The van der Waals surface area contributed by atoms with Crippen molar-refractivity contribution in [1.82, 2.24) is 9.97 Å². The number of anilines is 1. The highest BCUT2D eigenvalue weighted by molar-refractivity contribution is 6.28. The number of hydrogen-bond acceptors (Lipinski definition) is 6. The molecule has 2 rings (SSSR count). The summed E-state index contributed by atoms with van der Waals surface area (Å²) in [4.78, 5) is 21.0. The Kier molecular flexibility index (Phi) is 4.33.